The minimum Gasteiger partial charge on any atom is -0.465 e. The molecule has 1 amide bonds. The van der Waals surface area contributed by atoms with E-state index in [4.69, 9.17) is 22.1 Å². The molecule has 1 aliphatic heterocycles. The van der Waals surface area contributed by atoms with Gasteiger partial charge in [-0.3, -0.25) is 4.79 Å². The Balaban J connectivity index is 1.69. The third kappa shape index (κ3) is 2.92. The van der Waals surface area contributed by atoms with Crippen LogP contribution < -0.4 is 11.1 Å². The maximum absolute atomic E-state index is 14.7. The maximum Gasteiger partial charge on any atom is 0.282 e. The number of hydrogen-bond acceptors (Lipinski definition) is 5. The molecule has 27 heavy (non-hydrogen) atoms. The smallest absolute Gasteiger partial charge is 0.282 e. The zero-order valence-corrected chi connectivity index (χ0v) is 15.4. The number of carbonyl (C=O) groups excluding carboxylic acids is 1. The largest absolute Gasteiger partial charge is 0.465 e. The molecular weight excluding hydrogens is 371 g/mol. The fourth-order valence-electron chi connectivity index (χ4n) is 3.57. The van der Waals surface area contributed by atoms with Gasteiger partial charge in [-0.1, -0.05) is 11.6 Å². The average Bonchev–Trinajstić information content (AvgIpc) is 3.42. The SMILES string of the molecule is C[C@]1(c2cc(NC(=O)c3ncccc3Cl)ccc2F)N=C(N)OCC12CC2. The van der Waals surface area contributed by atoms with Crippen molar-refractivity contribution < 1.29 is 13.9 Å². The minimum atomic E-state index is -0.858. The number of halogens is 2. The van der Waals surface area contributed by atoms with Gasteiger partial charge in [0.05, 0.1) is 11.6 Å². The van der Waals surface area contributed by atoms with Gasteiger partial charge >= 0.3 is 0 Å². The fourth-order valence-corrected chi connectivity index (χ4v) is 3.78. The molecule has 0 unspecified atom stereocenters. The van der Waals surface area contributed by atoms with Crippen molar-refractivity contribution >= 4 is 29.2 Å². The summed E-state index contributed by atoms with van der Waals surface area (Å²) in [5.74, 6) is -0.879. The average molecular weight is 389 g/mol. The predicted molar refractivity (Wildman–Crippen MR) is 100 cm³/mol. The number of aliphatic imine (C=N–C) groups is 1. The Hall–Kier alpha value is -2.67. The number of rotatable bonds is 3. The van der Waals surface area contributed by atoms with E-state index >= 15 is 0 Å². The van der Waals surface area contributed by atoms with Crippen molar-refractivity contribution in [2.75, 3.05) is 11.9 Å². The van der Waals surface area contributed by atoms with Crippen LogP contribution in [0.25, 0.3) is 0 Å². The van der Waals surface area contributed by atoms with E-state index in [0.29, 0.717) is 17.9 Å². The summed E-state index contributed by atoms with van der Waals surface area (Å²) in [6, 6.07) is 7.65. The predicted octanol–water partition coefficient (Wildman–Crippen LogP) is 3.47. The number of amidine groups is 1. The summed E-state index contributed by atoms with van der Waals surface area (Å²) >= 11 is 6.02. The van der Waals surface area contributed by atoms with Crippen molar-refractivity contribution in [1.29, 1.82) is 0 Å². The molecule has 1 aromatic heterocycles. The molecular formula is C19H18ClFN4O2. The van der Waals surface area contributed by atoms with Crippen LogP contribution in [-0.4, -0.2) is 23.5 Å². The van der Waals surface area contributed by atoms with Crippen LogP contribution >= 0.6 is 11.6 Å². The quantitative estimate of drug-likeness (QED) is 0.842. The van der Waals surface area contributed by atoms with Gasteiger partial charge in [0.1, 0.15) is 17.1 Å². The first kappa shape index (κ1) is 17.7. The van der Waals surface area contributed by atoms with Crippen molar-refractivity contribution in [3.63, 3.8) is 0 Å². The molecule has 3 N–H and O–H groups in total. The highest BCUT2D eigenvalue weighted by Crippen LogP contribution is 2.62. The molecule has 140 valence electrons. The minimum absolute atomic E-state index is 0.0455. The number of pyridine rings is 1. The van der Waals surface area contributed by atoms with E-state index in [9.17, 15) is 9.18 Å². The van der Waals surface area contributed by atoms with Gasteiger partial charge in [-0.05, 0) is 50.1 Å². The van der Waals surface area contributed by atoms with E-state index in [1.165, 1.54) is 18.3 Å². The number of benzene rings is 1. The van der Waals surface area contributed by atoms with Gasteiger partial charge in [-0.2, -0.15) is 0 Å². The van der Waals surface area contributed by atoms with E-state index < -0.39 is 17.3 Å². The molecule has 1 saturated carbocycles. The van der Waals surface area contributed by atoms with E-state index in [2.05, 4.69) is 15.3 Å². The highest BCUT2D eigenvalue weighted by molar-refractivity contribution is 6.34. The number of anilines is 1. The topological polar surface area (TPSA) is 89.6 Å². The second kappa shape index (κ2) is 6.20. The van der Waals surface area contributed by atoms with Crippen molar-refractivity contribution in [3.8, 4) is 0 Å². The molecule has 2 heterocycles. The molecule has 1 atom stereocenters. The van der Waals surface area contributed by atoms with E-state index in [-0.39, 0.29) is 22.2 Å². The number of nitrogens with one attached hydrogen (secondary N) is 1. The summed E-state index contributed by atoms with van der Waals surface area (Å²) in [6.45, 7) is 2.26. The lowest BCUT2D eigenvalue weighted by atomic mass is 9.76. The Labute approximate surface area is 160 Å². The summed E-state index contributed by atoms with van der Waals surface area (Å²) in [6.07, 6.45) is 3.23. The van der Waals surface area contributed by atoms with Crippen molar-refractivity contribution in [3.05, 3.63) is 58.6 Å². The van der Waals surface area contributed by atoms with Crippen LogP contribution in [-0.2, 0) is 10.3 Å². The number of ether oxygens (including phenoxy) is 1. The standard InChI is InChI=1S/C19H18ClFN4O2/c1-18(19(6-7-19)10-27-17(22)25-18)12-9-11(4-5-14(12)21)24-16(26)15-13(20)3-2-8-23-15/h2-5,8-9H,6-7,10H2,1H3,(H2,22,25)(H,24,26)/t18-/m1/s1. The molecule has 1 spiro atoms. The molecule has 0 bridgehead atoms. The molecule has 8 heteroatoms. The first-order valence-electron chi connectivity index (χ1n) is 8.55. The van der Waals surface area contributed by atoms with Crippen LogP contribution in [0.15, 0.2) is 41.5 Å². The number of nitrogens with two attached hydrogens (primary N) is 1. The van der Waals surface area contributed by atoms with Crippen molar-refractivity contribution in [2.45, 2.75) is 25.3 Å². The Morgan fingerprint density at radius 3 is 2.85 bits per heavy atom. The molecule has 1 fully saturated rings. The second-order valence-corrected chi connectivity index (χ2v) is 7.48. The van der Waals surface area contributed by atoms with Gasteiger partial charge in [0.2, 0.25) is 0 Å². The molecule has 6 nitrogen and oxygen atoms in total. The van der Waals surface area contributed by atoms with Gasteiger partial charge in [-0.25, -0.2) is 14.4 Å². The first-order chi connectivity index (χ1) is 12.8. The van der Waals surface area contributed by atoms with Gasteiger partial charge in [0.15, 0.2) is 0 Å². The zero-order chi connectivity index (χ0) is 19.2. The number of nitrogens with zero attached hydrogens (tertiary/aromatic N) is 2. The van der Waals surface area contributed by atoms with Gasteiger partial charge < -0.3 is 15.8 Å². The summed E-state index contributed by atoms with van der Waals surface area (Å²) in [4.78, 5) is 20.9. The summed E-state index contributed by atoms with van der Waals surface area (Å²) in [5.41, 5.74) is 5.54. The fraction of sp³-hybridized carbons (Fsp3) is 0.316. The number of aromatic nitrogens is 1. The van der Waals surface area contributed by atoms with Gasteiger partial charge in [0, 0.05) is 22.9 Å². The maximum atomic E-state index is 14.7. The second-order valence-electron chi connectivity index (χ2n) is 7.07. The van der Waals surface area contributed by atoms with Crippen LogP contribution in [0.3, 0.4) is 0 Å². The monoisotopic (exact) mass is 388 g/mol. The Morgan fingerprint density at radius 1 is 1.37 bits per heavy atom. The third-order valence-corrected chi connectivity index (χ3v) is 5.74. The molecule has 4 rings (SSSR count). The number of hydrogen-bond donors (Lipinski definition) is 2. The zero-order valence-electron chi connectivity index (χ0n) is 14.6. The molecule has 0 radical (unpaired) electrons. The van der Waals surface area contributed by atoms with E-state index in [1.807, 2.05) is 6.92 Å². The lowest BCUT2D eigenvalue weighted by Gasteiger charge is -2.38. The molecule has 1 aromatic carbocycles. The molecule has 0 saturated heterocycles. The van der Waals surface area contributed by atoms with E-state index in [1.54, 1.807) is 18.2 Å². The van der Waals surface area contributed by atoms with Gasteiger partial charge in [0.25, 0.3) is 11.9 Å². The lowest BCUT2D eigenvalue weighted by Crippen LogP contribution is -2.43. The highest BCUT2D eigenvalue weighted by atomic mass is 35.5. The van der Waals surface area contributed by atoms with E-state index in [0.717, 1.165) is 12.8 Å². The Kier molecular flexibility index (Phi) is 4.07. The van der Waals surface area contributed by atoms with Crippen LogP contribution in [0, 0.1) is 11.2 Å². The van der Waals surface area contributed by atoms with Crippen LogP contribution in [0.2, 0.25) is 5.02 Å². The highest BCUT2D eigenvalue weighted by Gasteiger charge is 2.61. The van der Waals surface area contributed by atoms with Crippen LogP contribution in [0.1, 0.15) is 35.8 Å². The third-order valence-electron chi connectivity index (χ3n) is 5.44. The first-order valence-corrected chi connectivity index (χ1v) is 8.92. The number of amides is 1. The summed E-state index contributed by atoms with van der Waals surface area (Å²) in [5, 5.41) is 2.96. The Bertz CT molecular complexity index is 960. The molecule has 2 aliphatic rings. The van der Waals surface area contributed by atoms with Gasteiger partial charge in [-0.15, -0.1) is 0 Å². The lowest BCUT2D eigenvalue weighted by molar-refractivity contribution is 0.102. The van der Waals surface area contributed by atoms with Crippen LogP contribution in [0.4, 0.5) is 10.1 Å². The molecule has 1 aliphatic carbocycles. The van der Waals surface area contributed by atoms with Crippen LogP contribution in [0.5, 0.6) is 0 Å². The summed E-state index contributed by atoms with van der Waals surface area (Å²) < 4.78 is 20.1. The van der Waals surface area contributed by atoms with Crippen molar-refractivity contribution in [2.24, 2.45) is 16.1 Å². The number of carbonyl (C=O) groups is 1. The normalized spacial score (nSPS) is 22.7. The Morgan fingerprint density at radius 2 is 2.15 bits per heavy atom. The van der Waals surface area contributed by atoms with Crippen molar-refractivity contribution in [1.82, 2.24) is 4.98 Å². The summed E-state index contributed by atoms with van der Waals surface area (Å²) in [7, 11) is 0. The molecule has 2 aromatic rings.